The first-order valence-electron chi connectivity index (χ1n) is 4.43. The Kier molecular flexibility index (Phi) is 7.84. The summed E-state index contributed by atoms with van der Waals surface area (Å²) in [6.45, 7) is 0. The van der Waals surface area contributed by atoms with Crippen LogP contribution in [-0.4, -0.2) is 29.2 Å². The van der Waals surface area contributed by atoms with Gasteiger partial charge in [-0.3, -0.25) is 0 Å². The summed E-state index contributed by atoms with van der Waals surface area (Å²) in [6.07, 6.45) is 4.73. The smallest absolute Gasteiger partial charge is 0.158 e. The quantitative estimate of drug-likeness (QED) is 0.585. The van der Waals surface area contributed by atoms with E-state index in [4.69, 9.17) is 0 Å². The van der Waals surface area contributed by atoms with Crippen molar-refractivity contribution in [3.63, 3.8) is 0 Å². The molecule has 1 heterocycles. The van der Waals surface area contributed by atoms with Gasteiger partial charge in [0.25, 0.3) is 0 Å². The van der Waals surface area contributed by atoms with Gasteiger partial charge >= 0.3 is 20.4 Å². The Labute approximate surface area is 81.9 Å². The molecular weight excluding hydrogens is 172 g/mol. The van der Waals surface area contributed by atoms with E-state index in [1.165, 1.54) is 0 Å². The van der Waals surface area contributed by atoms with Crippen LogP contribution >= 0.6 is 12.4 Å². The zero-order valence-electron chi connectivity index (χ0n) is 6.94. The topological polar surface area (TPSA) is 0 Å². The van der Waals surface area contributed by atoms with Crippen LogP contribution in [0.5, 0.6) is 0 Å². The van der Waals surface area contributed by atoms with E-state index in [0.29, 0.717) is 20.4 Å². The van der Waals surface area contributed by atoms with Crippen LogP contribution in [0.4, 0.5) is 0 Å². The van der Waals surface area contributed by atoms with Gasteiger partial charge in [-0.2, -0.15) is 9.23 Å². The van der Waals surface area contributed by atoms with Crippen molar-refractivity contribution in [3.8, 4) is 0 Å². The van der Waals surface area contributed by atoms with Crippen LogP contribution in [0.25, 0.3) is 0 Å². The number of rotatable bonds is 2. The molecule has 0 unspecified atom stereocenters. The summed E-state index contributed by atoms with van der Waals surface area (Å²) >= 11 is 0.431. The molecule has 1 saturated heterocycles. The van der Waals surface area contributed by atoms with Gasteiger partial charge < -0.3 is 0 Å². The zero-order chi connectivity index (χ0) is 6.53. The molecule has 10 heavy (non-hydrogen) atoms. The van der Waals surface area contributed by atoms with Crippen molar-refractivity contribution in [2.24, 2.45) is 0 Å². The van der Waals surface area contributed by atoms with Crippen LogP contribution in [0.15, 0.2) is 0 Å². The Balaban J connectivity index is 0.000000810. The highest BCUT2D eigenvalue weighted by molar-refractivity contribution is 6.69. The molecule has 0 N–H and O–H groups in total. The van der Waals surface area contributed by atoms with E-state index >= 15 is 0 Å². The fourth-order valence-corrected chi connectivity index (χ4v) is 9.48. The predicted molar refractivity (Wildman–Crippen MR) is 54.3 cm³/mol. The van der Waals surface area contributed by atoms with Crippen molar-refractivity contribution < 1.29 is 0 Å². The largest absolute Gasteiger partial charge is 0.356 e. The molecule has 0 spiro atoms. The molecule has 1 aliphatic rings. The maximum absolute atomic E-state index is 2.47. The highest BCUT2D eigenvalue weighted by Gasteiger charge is 2.12. The van der Waals surface area contributed by atoms with Gasteiger partial charge in [-0.15, -0.1) is 12.4 Å². The van der Waals surface area contributed by atoms with Crippen molar-refractivity contribution >= 4 is 41.6 Å². The third kappa shape index (κ3) is 4.21. The molecule has 3 heteroatoms. The van der Waals surface area contributed by atoms with E-state index in [-0.39, 0.29) is 21.2 Å². The lowest BCUT2D eigenvalue weighted by Crippen LogP contribution is -2.17. The third-order valence-corrected chi connectivity index (χ3v) is 10.4. The van der Waals surface area contributed by atoms with E-state index in [0.717, 1.165) is 0 Å². The van der Waals surface area contributed by atoms with Gasteiger partial charge in [0.1, 0.15) is 0 Å². The van der Waals surface area contributed by atoms with E-state index < -0.39 is 0 Å². The van der Waals surface area contributed by atoms with E-state index in [9.17, 15) is 0 Å². The third-order valence-electron chi connectivity index (χ3n) is 2.42. The molecule has 0 atom stereocenters. The first-order chi connectivity index (χ1) is 4.43. The molecule has 0 aromatic rings. The minimum absolute atomic E-state index is 0. The maximum atomic E-state index is 2.47. The Bertz CT molecular complexity index is 71.3. The van der Waals surface area contributed by atoms with Gasteiger partial charge in [0.05, 0.1) is 0 Å². The summed E-state index contributed by atoms with van der Waals surface area (Å²) in [5, 5.41) is 2.47. The summed E-state index contributed by atoms with van der Waals surface area (Å²) in [4.78, 5) is 0. The molecule has 0 radical (unpaired) electrons. The molecule has 0 saturated carbocycles. The van der Waals surface area contributed by atoms with E-state index in [1.54, 1.807) is 35.5 Å². The monoisotopic (exact) mass is 188 g/mol. The summed E-state index contributed by atoms with van der Waals surface area (Å²) in [5.41, 5.74) is 0. The Morgan fingerprint density at radius 2 is 1.80 bits per heavy atom. The van der Waals surface area contributed by atoms with Crippen molar-refractivity contribution in [1.82, 2.24) is 0 Å². The number of hydrogen-bond acceptors (Lipinski definition) is 0. The van der Waals surface area contributed by atoms with Gasteiger partial charge in [-0.25, -0.2) is 0 Å². The second-order valence-corrected chi connectivity index (χ2v) is 9.49. The van der Waals surface area contributed by atoms with Crippen LogP contribution in [0.2, 0.25) is 21.3 Å². The molecule has 1 aliphatic heterocycles. The SMILES string of the molecule is Cl.[CH3][Mg][CH2][SiH]1CCCCC1. The first kappa shape index (κ1) is 11.3. The van der Waals surface area contributed by atoms with Gasteiger partial charge in [0.2, 0.25) is 0 Å². The molecular formula is C7H17ClMgSi. The van der Waals surface area contributed by atoms with Crippen LogP contribution in [0.1, 0.15) is 19.3 Å². The summed E-state index contributed by atoms with van der Waals surface area (Å²) < 4.78 is 1.76. The van der Waals surface area contributed by atoms with E-state index in [1.807, 2.05) is 0 Å². The molecule has 0 amide bonds. The molecule has 1 fully saturated rings. The molecule has 0 aromatic heterocycles. The molecule has 58 valence electrons. The molecule has 1 rings (SSSR count). The minimum atomic E-state index is -0.0644. The average Bonchev–Trinajstić information content (AvgIpc) is 1.91. The van der Waals surface area contributed by atoms with Crippen LogP contribution < -0.4 is 0 Å². The highest BCUT2D eigenvalue weighted by atomic mass is 35.5. The lowest BCUT2D eigenvalue weighted by atomic mass is 10.3. The van der Waals surface area contributed by atoms with Crippen molar-refractivity contribution in [2.75, 3.05) is 0 Å². The van der Waals surface area contributed by atoms with Gasteiger partial charge in [-0.1, -0.05) is 31.4 Å². The van der Waals surface area contributed by atoms with Crippen LogP contribution in [-0.2, 0) is 0 Å². The average molecular weight is 189 g/mol. The predicted octanol–water partition coefficient (Wildman–Crippen LogP) is 2.53. The summed E-state index contributed by atoms with van der Waals surface area (Å²) in [7, 11) is -0.0644. The van der Waals surface area contributed by atoms with Crippen LogP contribution in [0, 0.1) is 0 Å². The van der Waals surface area contributed by atoms with E-state index in [2.05, 4.69) is 5.05 Å². The lowest BCUT2D eigenvalue weighted by molar-refractivity contribution is 0.724. The second kappa shape index (κ2) is 6.95. The Hall–Kier alpha value is 1.27. The zero-order valence-corrected chi connectivity index (χ0v) is 10.3. The Morgan fingerprint density at radius 1 is 1.20 bits per heavy atom. The maximum Gasteiger partial charge on any atom is 0.356 e. The first-order valence-corrected chi connectivity index (χ1v) is 9.30. The Morgan fingerprint density at radius 3 is 2.30 bits per heavy atom. The standard InChI is InChI=1S/C6H13Si.CH3.ClH.Mg/c1-7-5-3-2-4-6-7;;;/h7H,1-6H2;1H3;1H;. The fraction of sp³-hybridized carbons (Fsp3) is 1.00. The molecule has 0 nitrogen and oxygen atoms in total. The fourth-order valence-electron chi connectivity index (χ4n) is 1.88. The lowest BCUT2D eigenvalue weighted by Gasteiger charge is -2.19. The second-order valence-electron chi connectivity index (χ2n) is 3.29. The highest BCUT2D eigenvalue weighted by Crippen LogP contribution is 2.20. The van der Waals surface area contributed by atoms with Crippen molar-refractivity contribution in [2.45, 2.75) is 40.6 Å². The number of halogens is 1. The van der Waals surface area contributed by atoms with Crippen LogP contribution in [0.3, 0.4) is 0 Å². The minimum Gasteiger partial charge on any atom is -0.158 e. The summed E-state index contributed by atoms with van der Waals surface area (Å²) in [5.74, 6) is 0. The number of hydrogen-bond donors (Lipinski definition) is 0. The van der Waals surface area contributed by atoms with Crippen molar-refractivity contribution in [3.05, 3.63) is 0 Å². The summed E-state index contributed by atoms with van der Waals surface area (Å²) in [6, 6.07) is 3.39. The van der Waals surface area contributed by atoms with Gasteiger partial charge in [0.15, 0.2) is 0 Å². The molecule has 0 aliphatic carbocycles. The molecule has 0 bridgehead atoms. The normalized spacial score (nSPS) is 19.3. The van der Waals surface area contributed by atoms with Gasteiger partial charge in [0, 0.05) is 8.80 Å². The molecule has 0 aromatic carbocycles. The van der Waals surface area contributed by atoms with Crippen molar-refractivity contribution in [1.29, 1.82) is 0 Å². The van der Waals surface area contributed by atoms with Gasteiger partial charge in [-0.05, 0) is 0 Å².